The highest BCUT2D eigenvalue weighted by Crippen LogP contribution is 2.23. The van der Waals surface area contributed by atoms with Crippen LogP contribution in [0.2, 0.25) is 0 Å². The minimum atomic E-state index is -0.641. The minimum absolute atomic E-state index is 0.0831. The summed E-state index contributed by atoms with van der Waals surface area (Å²) in [6, 6.07) is 0. The fourth-order valence-corrected chi connectivity index (χ4v) is 1.52. The van der Waals surface area contributed by atoms with Crippen molar-refractivity contribution in [3.05, 3.63) is 16.3 Å². The summed E-state index contributed by atoms with van der Waals surface area (Å²) in [4.78, 5) is 17.6. The molecule has 0 bridgehead atoms. The lowest BCUT2D eigenvalue weighted by Crippen LogP contribution is -2.41. The Bertz CT molecular complexity index is 425. The van der Waals surface area contributed by atoms with Crippen molar-refractivity contribution in [1.29, 1.82) is 0 Å². The fraction of sp³-hybridized carbons (Fsp3) is 0.600. The molecule has 0 aromatic carbocycles. The molecule has 1 aromatic heterocycles. The van der Waals surface area contributed by atoms with Gasteiger partial charge in [-0.3, -0.25) is 10.1 Å². The first-order valence-electron chi connectivity index (χ1n) is 5.64. The number of nitro groups is 1. The number of nitrogens with zero attached hydrogens (tertiary/aromatic N) is 3. The second-order valence-electron chi connectivity index (χ2n) is 3.99. The monoisotopic (exact) mass is 255 g/mol. The average Bonchev–Trinajstić information content (AvgIpc) is 2.36. The van der Waals surface area contributed by atoms with E-state index in [9.17, 15) is 15.2 Å². The number of nitrogens with two attached hydrogens (primary N) is 1. The van der Waals surface area contributed by atoms with Gasteiger partial charge in [0.1, 0.15) is 6.20 Å². The summed E-state index contributed by atoms with van der Waals surface area (Å²) in [6.07, 6.45) is 2.39. The van der Waals surface area contributed by atoms with Crippen LogP contribution in [-0.2, 0) is 0 Å². The van der Waals surface area contributed by atoms with Crippen LogP contribution in [0.4, 0.5) is 17.5 Å². The summed E-state index contributed by atoms with van der Waals surface area (Å²) in [5.74, 6) is -0.0209. The number of aliphatic hydroxyl groups excluding tert-OH is 1. The maximum atomic E-state index is 10.6. The first-order valence-corrected chi connectivity index (χ1v) is 5.64. The van der Waals surface area contributed by atoms with Crippen molar-refractivity contribution in [2.24, 2.45) is 0 Å². The van der Waals surface area contributed by atoms with Crippen LogP contribution >= 0.6 is 0 Å². The third-order valence-electron chi connectivity index (χ3n) is 3.03. The van der Waals surface area contributed by atoms with E-state index in [0.717, 1.165) is 6.20 Å². The number of nitrogens with one attached hydrogen (secondary N) is 1. The van der Waals surface area contributed by atoms with Crippen molar-refractivity contribution in [2.75, 3.05) is 17.7 Å². The van der Waals surface area contributed by atoms with E-state index >= 15 is 0 Å². The average molecular weight is 255 g/mol. The highest BCUT2D eigenvalue weighted by molar-refractivity contribution is 5.53. The van der Waals surface area contributed by atoms with Gasteiger partial charge in [-0.15, -0.1) is 0 Å². The molecule has 0 amide bonds. The summed E-state index contributed by atoms with van der Waals surface area (Å²) >= 11 is 0. The van der Waals surface area contributed by atoms with Crippen molar-refractivity contribution in [1.82, 2.24) is 9.97 Å². The Hall–Kier alpha value is -1.96. The van der Waals surface area contributed by atoms with E-state index in [1.54, 1.807) is 0 Å². The topological polar surface area (TPSA) is 127 Å². The molecule has 0 aliphatic rings. The van der Waals surface area contributed by atoms with E-state index in [4.69, 9.17) is 5.73 Å². The number of rotatable bonds is 6. The molecule has 0 aliphatic heterocycles. The predicted molar refractivity (Wildman–Crippen MR) is 67.1 cm³/mol. The fourth-order valence-electron chi connectivity index (χ4n) is 1.52. The Morgan fingerprint density at radius 2 is 2.17 bits per heavy atom. The lowest BCUT2D eigenvalue weighted by atomic mass is 9.94. The molecular formula is C10H17N5O3. The molecule has 4 N–H and O–H groups in total. The van der Waals surface area contributed by atoms with Crippen LogP contribution in [0.1, 0.15) is 26.7 Å². The molecule has 100 valence electrons. The van der Waals surface area contributed by atoms with Gasteiger partial charge in [0, 0.05) is 0 Å². The third kappa shape index (κ3) is 2.83. The van der Waals surface area contributed by atoms with E-state index in [-0.39, 0.29) is 24.1 Å². The summed E-state index contributed by atoms with van der Waals surface area (Å²) in [6.45, 7) is 3.75. The lowest BCUT2D eigenvalue weighted by Gasteiger charge is -2.30. The van der Waals surface area contributed by atoms with Gasteiger partial charge in [0.15, 0.2) is 0 Å². The Kier molecular flexibility index (Phi) is 4.38. The molecule has 0 radical (unpaired) electrons. The molecule has 1 rings (SSSR count). The van der Waals surface area contributed by atoms with Crippen molar-refractivity contribution in [3.63, 3.8) is 0 Å². The van der Waals surface area contributed by atoms with Crippen molar-refractivity contribution in [3.8, 4) is 0 Å². The molecule has 18 heavy (non-hydrogen) atoms. The number of aliphatic hydroxyl groups is 1. The van der Waals surface area contributed by atoms with Crippen LogP contribution in [0.25, 0.3) is 0 Å². The SMILES string of the molecule is CCC(CC)(CO)Nc1ncc([N+](=O)[O-])c(N)n1. The molecule has 0 atom stereocenters. The summed E-state index contributed by atoms with van der Waals surface area (Å²) < 4.78 is 0. The highest BCUT2D eigenvalue weighted by Gasteiger charge is 2.26. The molecule has 0 saturated heterocycles. The van der Waals surface area contributed by atoms with E-state index in [1.807, 2.05) is 13.8 Å². The molecular weight excluding hydrogens is 238 g/mol. The number of aromatic nitrogens is 2. The summed E-state index contributed by atoms with van der Waals surface area (Å²) in [5.41, 5.74) is 4.60. The van der Waals surface area contributed by atoms with Gasteiger partial charge in [-0.2, -0.15) is 4.98 Å². The molecule has 1 heterocycles. The van der Waals surface area contributed by atoms with Gasteiger partial charge in [0.2, 0.25) is 11.8 Å². The van der Waals surface area contributed by atoms with Crippen LogP contribution < -0.4 is 11.1 Å². The number of nitrogen functional groups attached to an aromatic ring is 1. The van der Waals surface area contributed by atoms with Crippen molar-refractivity contribution >= 4 is 17.5 Å². The second kappa shape index (κ2) is 5.58. The van der Waals surface area contributed by atoms with Crippen LogP contribution in [0, 0.1) is 10.1 Å². The lowest BCUT2D eigenvalue weighted by molar-refractivity contribution is -0.384. The van der Waals surface area contributed by atoms with Crippen molar-refractivity contribution in [2.45, 2.75) is 32.2 Å². The number of hydrogen-bond acceptors (Lipinski definition) is 7. The maximum Gasteiger partial charge on any atom is 0.329 e. The molecule has 0 fully saturated rings. The van der Waals surface area contributed by atoms with Crippen LogP contribution in [0.5, 0.6) is 0 Å². The molecule has 0 spiro atoms. The Balaban J connectivity index is 2.98. The van der Waals surface area contributed by atoms with Crippen LogP contribution in [0.15, 0.2) is 6.20 Å². The molecule has 0 unspecified atom stereocenters. The van der Waals surface area contributed by atoms with Crippen LogP contribution in [-0.4, -0.2) is 32.1 Å². The third-order valence-corrected chi connectivity index (χ3v) is 3.03. The standard InChI is InChI=1S/C10H17N5O3/c1-3-10(4-2,6-16)14-9-12-5-7(15(17)18)8(11)13-9/h5,16H,3-4,6H2,1-2H3,(H3,11,12,13,14). The second-order valence-corrected chi connectivity index (χ2v) is 3.99. The summed E-state index contributed by atoms with van der Waals surface area (Å²) in [5, 5.41) is 22.9. The van der Waals surface area contributed by atoms with E-state index in [2.05, 4.69) is 15.3 Å². The summed E-state index contributed by atoms with van der Waals surface area (Å²) in [7, 11) is 0. The van der Waals surface area contributed by atoms with Gasteiger partial charge in [0.25, 0.3) is 0 Å². The predicted octanol–water partition coefficient (Wildman–Crippen LogP) is 0.930. The zero-order valence-electron chi connectivity index (χ0n) is 10.4. The van der Waals surface area contributed by atoms with E-state index in [0.29, 0.717) is 12.8 Å². The molecule has 8 heteroatoms. The Morgan fingerprint density at radius 1 is 1.56 bits per heavy atom. The van der Waals surface area contributed by atoms with Gasteiger partial charge in [-0.25, -0.2) is 4.98 Å². The molecule has 1 aromatic rings. The minimum Gasteiger partial charge on any atom is -0.394 e. The zero-order chi connectivity index (χ0) is 13.8. The van der Waals surface area contributed by atoms with Gasteiger partial charge >= 0.3 is 5.69 Å². The van der Waals surface area contributed by atoms with Gasteiger partial charge in [-0.05, 0) is 12.8 Å². The zero-order valence-corrected chi connectivity index (χ0v) is 10.4. The highest BCUT2D eigenvalue weighted by atomic mass is 16.6. The Labute approximate surface area is 104 Å². The number of anilines is 2. The molecule has 0 aliphatic carbocycles. The normalized spacial score (nSPS) is 11.3. The van der Waals surface area contributed by atoms with Gasteiger partial charge in [-0.1, -0.05) is 13.8 Å². The van der Waals surface area contributed by atoms with Crippen molar-refractivity contribution < 1.29 is 10.0 Å². The molecule has 0 saturated carbocycles. The van der Waals surface area contributed by atoms with E-state index < -0.39 is 10.5 Å². The Morgan fingerprint density at radius 3 is 2.56 bits per heavy atom. The smallest absolute Gasteiger partial charge is 0.329 e. The largest absolute Gasteiger partial charge is 0.394 e. The van der Waals surface area contributed by atoms with Gasteiger partial charge in [0.05, 0.1) is 17.1 Å². The van der Waals surface area contributed by atoms with Gasteiger partial charge < -0.3 is 16.2 Å². The first-order chi connectivity index (χ1) is 8.48. The maximum absolute atomic E-state index is 10.6. The quantitative estimate of drug-likeness (QED) is 0.509. The number of hydrogen-bond donors (Lipinski definition) is 3. The van der Waals surface area contributed by atoms with E-state index in [1.165, 1.54) is 0 Å². The first kappa shape index (κ1) is 14.1. The molecule has 8 nitrogen and oxygen atoms in total. The van der Waals surface area contributed by atoms with Crippen LogP contribution in [0.3, 0.4) is 0 Å².